The highest BCUT2D eigenvalue weighted by molar-refractivity contribution is 5.89. The van der Waals surface area contributed by atoms with Crippen molar-refractivity contribution in [3.8, 4) is 0 Å². The molecule has 11 nitrogen and oxygen atoms in total. The molecule has 0 bridgehead atoms. The highest BCUT2D eigenvalue weighted by atomic mass is 16.6. The largest absolute Gasteiger partial charge is 0.394 e. The Labute approximate surface area is 136 Å². The van der Waals surface area contributed by atoms with Gasteiger partial charge in [-0.25, -0.2) is 9.97 Å². The second-order valence-corrected chi connectivity index (χ2v) is 5.34. The quantitative estimate of drug-likeness (QED) is 0.390. The molecule has 3 heterocycles. The molecule has 3 rings (SSSR count). The Morgan fingerprint density at radius 1 is 1.54 bits per heavy atom. The fourth-order valence-electron chi connectivity index (χ4n) is 2.93. The van der Waals surface area contributed by atoms with Gasteiger partial charge in [0, 0.05) is 24.1 Å². The van der Waals surface area contributed by atoms with Gasteiger partial charge in [-0.3, -0.25) is 0 Å². The van der Waals surface area contributed by atoms with Crippen LogP contribution in [0.4, 0.5) is 5.82 Å². The number of aromatic nitrogens is 3. The summed E-state index contributed by atoms with van der Waals surface area (Å²) in [5.41, 5.74) is 21.5. The van der Waals surface area contributed by atoms with Crippen LogP contribution in [0.15, 0.2) is 17.6 Å². The van der Waals surface area contributed by atoms with E-state index >= 15 is 0 Å². The van der Waals surface area contributed by atoms with E-state index in [0.717, 1.165) is 5.56 Å². The van der Waals surface area contributed by atoms with Crippen molar-refractivity contribution >= 4 is 16.9 Å². The van der Waals surface area contributed by atoms with E-state index in [9.17, 15) is 5.11 Å². The number of aliphatic hydroxyl groups excluding tert-OH is 1. The lowest BCUT2D eigenvalue weighted by atomic mass is 10.2. The molecule has 2 aromatic heterocycles. The lowest BCUT2D eigenvalue weighted by molar-refractivity contribution is -0.0593. The molecule has 1 saturated heterocycles. The first-order chi connectivity index (χ1) is 11.7. The summed E-state index contributed by atoms with van der Waals surface area (Å²) in [6.45, 7) is -0.0467. The molecule has 2 aromatic rings. The number of fused-ring (bicyclic) bond motifs is 1. The van der Waals surface area contributed by atoms with Gasteiger partial charge >= 0.3 is 0 Å². The van der Waals surface area contributed by atoms with Crippen molar-refractivity contribution in [2.45, 2.75) is 31.4 Å². The van der Waals surface area contributed by atoms with E-state index in [-0.39, 0.29) is 19.9 Å². The normalized spacial score (nSPS) is 23.5. The minimum Gasteiger partial charge on any atom is -0.394 e. The van der Waals surface area contributed by atoms with Gasteiger partial charge in [-0.05, 0) is 11.1 Å². The number of hydrogen-bond acceptors (Lipinski definition) is 8. The number of aliphatic hydroxyl groups is 1. The van der Waals surface area contributed by atoms with Crippen molar-refractivity contribution in [2.24, 2.45) is 10.8 Å². The third-order valence-electron chi connectivity index (χ3n) is 4.02. The number of nitrogens with zero attached hydrogens (tertiary/aromatic N) is 6. The highest BCUT2D eigenvalue weighted by Gasteiger charge is 2.37. The van der Waals surface area contributed by atoms with E-state index in [0.29, 0.717) is 23.3 Å². The fraction of sp³-hybridized carbons (Fsp3) is 0.538. The Balaban J connectivity index is 1.91. The number of rotatable bonds is 6. The third-order valence-corrected chi connectivity index (χ3v) is 4.02. The Morgan fingerprint density at radius 3 is 3.08 bits per heavy atom. The van der Waals surface area contributed by atoms with Crippen molar-refractivity contribution in [3.05, 3.63) is 28.5 Å². The number of nitrogen functional groups attached to an aromatic ring is 1. The summed E-state index contributed by atoms with van der Waals surface area (Å²) < 4.78 is 13.1. The number of azide groups is 1. The first-order valence-corrected chi connectivity index (χ1v) is 7.38. The van der Waals surface area contributed by atoms with Crippen molar-refractivity contribution in [2.75, 3.05) is 19.1 Å². The zero-order chi connectivity index (χ0) is 17.1. The molecular formula is C13H18N8O3. The molecule has 1 fully saturated rings. The average Bonchev–Trinajstić information content (AvgIpc) is 3.16. The molecule has 3 unspecified atom stereocenters. The van der Waals surface area contributed by atoms with Crippen LogP contribution in [0, 0.1) is 0 Å². The Morgan fingerprint density at radius 2 is 2.38 bits per heavy atom. The second-order valence-electron chi connectivity index (χ2n) is 5.34. The predicted octanol–water partition coefficient (Wildman–Crippen LogP) is 0.405. The molecule has 128 valence electrons. The smallest absolute Gasteiger partial charge is 0.147 e. The van der Waals surface area contributed by atoms with E-state index in [1.165, 1.54) is 6.33 Å². The van der Waals surface area contributed by atoms with Crippen LogP contribution in [0.3, 0.4) is 0 Å². The lowest BCUT2D eigenvalue weighted by Gasteiger charge is -2.15. The first kappa shape index (κ1) is 16.4. The number of hydrogen-bond donors (Lipinski definition) is 3. The molecule has 24 heavy (non-hydrogen) atoms. The topological polar surface area (TPSA) is 170 Å². The number of nitrogens with two attached hydrogens (primary N) is 2. The SMILES string of the molecule is [N-]=[N+]=NCOC1CC(n2cc(CN)c3c(N)ncnc32)OC1CO. The van der Waals surface area contributed by atoms with E-state index in [4.69, 9.17) is 26.5 Å². The standard InChI is InChI=1S/C13H18N8O3/c14-2-7-3-21(13-11(7)12(15)17-5-18-13)10-1-8(9(4-22)24-10)23-6-19-20-16/h3,5,8-10,22H,1-2,4,6,14H2,(H2,15,17,18). The van der Waals surface area contributed by atoms with Crippen molar-refractivity contribution < 1.29 is 14.6 Å². The summed E-state index contributed by atoms with van der Waals surface area (Å²) >= 11 is 0. The summed E-state index contributed by atoms with van der Waals surface area (Å²) in [6, 6.07) is 0. The predicted molar refractivity (Wildman–Crippen MR) is 84.3 cm³/mol. The summed E-state index contributed by atoms with van der Waals surface area (Å²) in [5, 5.41) is 13.5. The molecule has 0 amide bonds. The summed E-state index contributed by atoms with van der Waals surface area (Å²) in [6.07, 6.45) is 2.33. The van der Waals surface area contributed by atoms with E-state index in [1.807, 2.05) is 10.8 Å². The number of anilines is 1. The summed E-state index contributed by atoms with van der Waals surface area (Å²) in [4.78, 5) is 10.9. The van der Waals surface area contributed by atoms with E-state index < -0.39 is 18.4 Å². The van der Waals surface area contributed by atoms with Gasteiger partial charge in [-0.2, -0.15) is 0 Å². The second kappa shape index (κ2) is 6.99. The Hall–Kier alpha value is -2.43. The van der Waals surface area contributed by atoms with E-state index in [2.05, 4.69) is 20.0 Å². The van der Waals surface area contributed by atoms with Crippen LogP contribution < -0.4 is 11.5 Å². The van der Waals surface area contributed by atoms with Gasteiger partial charge in [-0.1, -0.05) is 5.11 Å². The van der Waals surface area contributed by atoms with Gasteiger partial charge in [0.15, 0.2) is 0 Å². The van der Waals surface area contributed by atoms with Gasteiger partial charge in [-0.15, -0.1) is 0 Å². The molecular weight excluding hydrogens is 316 g/mol. The zero-order valence-corrected chi connectivity index (χ0v) is 12.8. The molecule has 0 aliphatic carbocycles. The van der Waals surface area contributed by atoms with Gasteiger partial charge in [0.2, 0.25) is 0 Å². The highest BCUT2D eigenvalue weighted by Crippen LogP contribution is 2.35. The van der Waals surface area contributed by atoms with Gasteiger partial charge in [0.1, 0.15) is 36.9 Å². The molecule has 0 saturated carbocycles. The van der Waals surface area contributed by atoms with Crippen LogP contribution in [-0.4, -0.2) is 45.2 Å². The molecule has 0 radical (unpaired) electrons. The molecule has 5 N–H and O–H groups in total. The van der Waals surface area contributed by atoms with Gasteiger partial charge < -0.3 is 30.6 Å². The molecule has 1 aliphatic rings. The van der Waals surface area contributed by atoms with Crippen LogP contribution in [-0.2, 0) is 16.0 Å². The van der Waals surface area contributed by atoms with Crippen LogP contribution in [0.25, 0.3) is 21.5 Å². The Bertz CT molecular complexity index is 772. The van der Waals surface area contributed by atoms with Crippen LogP contribution in [0.5, 0.6) is 0 Å². The molecule has 0 spiro atoms. The van der Waals surface area contributed by atoms with Crippen molar-refractivity contribution in [1.82, 2.24) is 14.5 Å². The van der Waals surface area contributed by atoms with Crippen molar-refractivity contribution in [1.29, 1.82) is 0 Å². The maximum atomic E-state index is 9.48. The van der Waals surface area contributed by atoms with Crippen molar-refractivity contribution in [3.63, 3.8) is 0 Å². The minimum absolute atomic E-state index is 0.122. The average molecular weight is 334 g/mol. The first-order valence-electron chi connectivity index (χ1n) is 7.38. The van der Waals surface area contributed by atoms with Crippen LogP contribution in [0.1, 0.15) is 18.2 Å². The van der Waals surface area contributed by atoms with Crippen LogP contribution >= 0.6 is 0 Å². The van der Waals surface area contributed by atoms with Crippen LogP contribution in [0.2, 0.25) is 0 Å². The minimum atomic E-state index is -0.526. The maximum absolute atomic E-state index is 9.48. The Kier molecular flexibility index (Phi) is 4.79. The monoisotopic (exact) mass is 334 g/mol. The lowest BCUT2D eigenvalue weighted by Crippen LogP contribution is -2.27. The fourth-order valence-corrected chi connectivity index (χ4v) is 2.93. The van der Waals surface area contributed by atoms with Gasteiger partial charge in [0.25, 0.3) is 0 Å². The maximum Gasteiger partial charge on any atom is 0.147 e. The summed E-state index contributed by atoms with van der Waals surface area (Å²) in [7, 11) is 0. The zero-order valence-electron chi connectivity index (χ0n) is 12.8. The summed E-state index contributed by atoms with van der Waals surface area (Å²) in [5.74, 6) is 0.354. The molecule has 0 aromatic carbocycles. The third kappa shape index (κ3) is 2.86. The molecule has 1 aliphatic heterocycles. The molecule has 11 heteroatoms. The number of ether oxygens (including phenoxy) is 2. The van der Waals surface area contributed by atoms with Gasteiger partial charge in [0.05, 0.1) is 18.1 Å². The molecule has 3 atom stereocenters. The van der Waals surface area contributed by atoms with E-state index in [1.54, 1.807) is 0 Å².